The summed E-state index contributed by atoms with van der Waals surface area (Å²) in [7, 11) is 0. The van der Waals surface area contributed by atoms with Gasteiger partial charge in [-0.3, -0.25) is 9.78 Å². The predicted octanol–water partition coefficient (Wildman–Crippen LogP) is 3.71. The summed E-state index contributed by atoms with van der Waals surface area (Å²) in [6.07, 6.45) is 4.42. The number of pyridine rings is 1. The zero-order chi connectivity index (χ0) is 19.3. The number of halogens is 2. The summed E-state index contributed by atoms with van der Waals surface area (Å²) in [6, 6.07) is 9.18. The Morgan fingerprint density at radius 2 is 2.03 bits per heavy atom. The predicted molar refractivity (Wildman–Crippen MR) is 118 cm³/mol. The third-order valence-electron chi connectivity index (χ3n) is 4.95. The Morgan fingerprint density at radius 3 is 2.66 bits per heavy atom. The van der Waals surface area contributed by atoms with Crippen molar-refractivity contribution in [2.75, 3.05) is 26.2 Å². The van der Waals surface area contributed by atoms with Gasteiger partial charge in [-0.15, -0.1) is 24.8 Å². The topological polar surface area (TPSA) is 77.7 Å². The van der Waals surface area contributed by atoms with Crippen molar-refractivity contribution in [2.45, 2.75) is 26.9 Å². The fraction of sp³-hybridized carbons (Fsp3) is 0.429. The lowest BCUT2D eigenvalue weighted by Crippen LogP contribution is -2.34. The minimum absolute atomic E-state index is 0. The molecule has 3 rings (SSSR count). The molecule has 0 saturated carbocycles. The molecule has 160 valence electrons. The van der Waals surface area contributed by atoms with Gasteiger partial charge in [0, 0.05) is 36.6 Å². The van der Waals surface area contributed by atoms with Gasteiger partial charge in [-0.25, -0.2) is 0 Å². The van der Waals surface area contributed by atoms with E-state index in [0.29, 0.717) is 43.4 Å². The summed E-state index contributed by atoms with van der Waals surface area (Å²) in [5.74, 6) is 1.20. The second-order valence-electron chi connectivity index (χ2n) is 7.24. The number of rotatable bonds is 7. The lowest BCUT2D eigenvalue weighted by Gasteiger charge is -2.23. The molecule has 1 unspecified atom stereocenters. The lowest BCUT2D eigenvalue weighted by molar-refractivity contribution is 0.0776. The van der Waals surface area contributed by atoms with Gasteiger partial charge in [0.15, 0.2) is 11.5 Å². The summed E-state index contributed by atoms with van der Waals surface area (Å²) in [6.45, 7) is 6.93. The van der Waals surface area contributed by atoms with E-state index < -0.39 is 0 Å². The molecule has 2 heterocycles. The van der Waals surface area contributed by atoms with Crippen molar-refractivity contribution in [1.82, 2.24) is 9.88 Å². The molecule has 0 spiro atoms. The molecule has 1 aromatic carbocycles. The molecule has 29 heavy (non-hydrogen) atoms. The minimum Gasteiger partial charge on any atom is -0.490 e. The average molecular weight is 442 g/mol. The van der Waals surface area contributed by atoms with E-state index >= 15 is 0 Å². The van der Waals surface area contributed by atoms with Crippen LogP contribution in [0.25, 0.3) is 0 Å². The Hall–Kier alpha value is -2.02. The maximum absolute atomic E-state index is 12.9. The van der Waals surface area contributed by atoms with Crippen LogP contribution in [0.5, 0.6) is 11.5 Å². The van der Waals surface area contributed by atoms with E-state index in [1.165, 1.54) is 0 Å². The van der Waals surface area contributed by atoms with Crippen LogP contribution in [0.3, 0.4) is 0 Å². The quantitative estimate of drug-likeness (QED) is 0.708. The second kappa shape index (κ2) is 11.2. The maximum atomic E-state index is 12.9. The second-order valence-corrected chi connectivity index (χ2v) is 7.24. The number of nitrogens with two attached hydrogens (primary N) is 1. The largest absolute Gasteiger partial charge is 0.490 e. The number of hydrogen-bond donors (Lipinski definition) is 1. The van der Waals surface area contributed by atoms with E-state index in [4.69, 9.17) is 15.2 Å². The van der Waals surface area contributed by atoms with Crippen molar-refractivity contribution in [3.63, 3.8) is 0 Å². The molecule has 1 atom stereocenters. The summed E-state index contributed by atoms with van der Waals surface area (Å²) in [5.41, 5.74) is 7.44. The van der Waals surface area contributed by atoms with E-state index in [1.807, 2.05) is 24.0 Å². The molecule has 1 saturated heterocycles. The number of carbonyl (C=O) groups excluding carboxylic acids is 1. The van der Waals surface area contributed by atoms with Crippen molar-refractivity contribution < 1.29 is 14.3 Å². The first-order chi connectivity index (χ1) is 13.0. The molecule has 8 heteroatoms. The van der Waals surface area contributed by atoms with Crippen LogP contribution in [0.2, 0.25) is 0 Å². The van der Waals surface area contributed by atoms with Gasteiger partial charge >= 0.3 is 0 Å². The van der Waals surface area contributed by atoms with E-state index in [1.54, 1.807) is 30.6 Å². The molecule has 0 bridgehead atoms. The minimum atomic E-state index is 0. The third-order valence-corrected chi connectivity index (χ3v) is 4.95. The molecule has 1 aliphatic rings. The van der Waals surface area contributed by atoms with Crippen molar-refractivity contribution in [2.24, 2.45) is 11.1 Å². The highest BCUT2D eigenvalue weighted by atomic mass is 35.5. The first-order valence-electron chi connectivity index (χ1n) is 9.32. The van der Waals surface area contributed by atoms with Crippen LogP contribution in [0.1, 0.15) is 36.2 Å². The summed E-state index contributed by atoms with van der Waals surface area (Å²) in [5, 5.41) is 0. The zero-order valence-corrected chi connectivity index (χ0v) is 18.4. The van der Waals surface area contributed by atoms with Crippen LogP contribution >= 0.6 is 24.8 Å². The number of aromatic nitrogens is 1. The molecule has 1 fully saturated rings. The Bertz CT molecular complexity index is 792. The summed E-state index contributed by atoms with van der Waals surface area (Å²) in [4.78, 5) is 18.8. The summed E-state index contributed by atoms with van der Waals surface area (Å²) >= 11 is 0. The number of nitrogens with zero attached hydrogens (tertiary/aromatic N) is 2. The standard InChI is InChI=1S/C21H27N3O3.2ClH/c1-3-26-19-11-17(20(25)24-10-8-21(2,14-22)15-24)6-7-18(19)27-13-16-5-4-9-23-12-16;;/h4-7,9,11-12H,3,8,10,13-15,22H2,1-2H3;2*1H. The van der Waals surface area contributed by atoms with Crippen molar-refractivity contribution in [3.05, 3.63) is 53.9 Å². The zero-order valence-electron chi connectivity index (χ0n) is 16.8. The Kier molecular flexibility index (Phi) is 9.70. The van der Waals surface area contributed by atoms with Crippen LogP contribution in [-0.4, -0.2) is 42.0 Å². The lowest BCUT2D eigenvalue weighted by atomic mass is 9.90. The molecule has 0 aliphatic carbocycles. The number of hydrogen-bond acceptors (Lipinski definition) is 5. The van der Waals surface area contributed by atoms with Gasteiger partial charge in [0.05, 0.1) is 6.61 Å². The maximum Gasteiger partial charge on any atom is 0.254 e. The van der Waals surface area contributed by atoms with E-state index in [0.717, 1.165) is 18.5 Å². The first-order valence-corrected chi connectivity index (χ1v) is 9.32. The van der Waals surface area contributed by atoms with E-state index in [9.17, 15) is 4.79 Å². The number of likely N-dealkylation sites (tertiary alicyclic amines) is 1. The molecule has 1 aromatic heterocycles. The SMILES string of the molecule is CCOc1cc(C(=O)N2CCC(C)(CN)C2)ccc1OCc1cccnc1.Cl.Cl. The Balaban J connectivity index is 0.00000210. The van der Waals surface area contributed by atoms with Gasteiger partial charge in [-0.1, -0.05) is 13.0 Å². The normalized spacial score (nSPS) is 17.8. The number of amides is 1. The van der Waals surface area contributed by atoms with Crippen LogP contribution in [0.15, 0.2) is 42.7 Å². The Morgan fingerprint density at radius 1 is 1.24 bits per heavy atom. The molecular formula is C21H29Cl2N3O3. The van der Waals surface area contributed by atoms with E-state index in [-0.39, 0.29) is 36.1 Å². The van der Waals surface area contributed by atoms with Gasteiger partial charge < -0.3 is 20.1 Å². The highest BCUT2D eigenvalue weighted by Crippen LogP contribution is 2.32. The molecule has 1 aliphatic heterocycles. The molecule has 0 radical (unpaired) electrons. The summed E-state index contributed by atoms with van der Waals surface area (Å²) < 4.78 is 11.6. The molecule has 2 N–H and O–H groups in total. The van der Waals surface area contributed by atoms with Crippen LogP contribution in [0, 0.1) is 5.41 Å². The van der Waals surface area contributed by atoms with Gasteiger partial charge in [0.25, 0.3) is 5.91 Å². The van der Waals surface area contributed by atoms with Gasteiger partial charge in [-0.05, 0) is 49.6 Å². The van der Waals surface area contributed by atoms with Crippen molar-refractivity contribution >= 4 is 30.7 Å². The average Bonchev–Trinajstić information content (AvgIpc) is 3.10. The van der Waals surface area contributed by atoms with Crippen LogP contribution in [0.4, 0.5) is 0 Å². The van der Waals surface area contributed by atoms with Crippen LogP contribution in [-0.2, 0) is 6.61 Å². The monoisotopic (exact) mass is 441 g/mol. The van der Waals surface area contributed by atoms with Gasteiger partial charge in [0.1, 0.15) is 6.61 Å². The smallest absolute Gasteiger partial charge is 0.254 e. The number of ether oxygens (including phenoxy) is 2. The molecule has 1 amide bonds. The molecule has 2 aromatic rings. The highest BCUT2D eigenvalue weighted by Gasteiger charge is 2.35. The number of benzene rings is 1. The van der Waals surface area contributed by atoms with Crippen molar-refractivity contribution in [3.8, 4) is 11.5 Å². The van der Waals surface area contributed by atoms with Gasteiger partial charge in [-0.2, -0.15) is 0 Å². The molecular weight excluding hydrogens is 413 g/mol. The molecule has 6 nitrogen and oxygen atoms in total. The van der Waals surface area contributed by atoms with Gasteiger partial charge in [0.2, 0.25) is 0 Å². The number of carbonyl (C=O) groups is 1. The van der Waals surface area contributed by atoms with E-state index in [2.05, 4.69) is 11.9 Å². The first kappa shape index (κ1) is 25.0. The Labute approximate surface area is 184 Å². The fourth-order valence-electron chi connectivity index (χ4n) is 3.22. The van der Waals surface area contributed by atoms with Crippen LogP contribution < -0.4 is 15.2 Å². The third kappa shape index (κ3) is 6.23. The highest BCUT2D eigenvalue weighted by molar-refractivity contribution is 5.95. The van der Waals surface area contributed by atoms with Crippen molar-refractivity contribution in [1.29, 1.82) is 0 Å². The fourth-order valence-corrected chi connectivity index (χ4v) is 3.22.